The zero-order valence-electron chi connectivity index (χ0n) is 26.7. The van der Waals surface area contributed by atoms with Crippen LogP contribution in [0.2, 0.25) is 0 Å². The lowest BCUT2D eigenvalue weighted by atomic mass is 9.88. The van der Waals surface area contributed by atoms with Crippen molar-refractivity contribution in [3.8, 4) is 17.3 Å². The molecule has 0 unspecified atom stereocenters. The smallest absolute Gasteiger partial charge is 0.227 e. The fourth-order valence-electron chi connectivity index (χ4n) is 6.94. The van der Waals surface area contributed by atoms with Crippen LogP contribution < -0.4 is 14.5 Å². The second kappa shape index (κ2) is 10.1. The maximum Gasteiger partial charge on any atom is 0.227 e. The molecule has 230 valence electrons. The van der Waals surface area contributed by atoms with Crippen molar-refractivity contribution in [2.24, 2.45) is 0 Å². The van der Waals surface area contributed by atoms with Gasteiger partial charge in [0.2, 0.25) is 5.71 Å². The normalized spacial score (nSPS) is 13.4. The monoisotopic (exact) mass is 615 g/mol. The van der Waals surface area contributed by atoms with E-state index in [9.17, 15) is 0 Å². The maximum absolute atomic E-state index is 6.61. The molecule has 0 fully saturated rings. The number of anilines is 3. The Hall–Kier alpha value is -5.82. The molecule has 0 aliphatic carbocycles. The van der Waals surface area contributed by atoms with Crippen LogP contribution in [0, 0.1) is 0 Å². The molecule has 8 aromatic rings. The minimum atomic E-state index is 0.00771. The Kier molecular flexibility index (Phi) is 5.90. The first-order valence-electron chi connectivity index (χ1n) is 15.9. The first-order chi connectivity index (χ1) is 22.8. The Morgan fingerprint density at radius 3 is 2.45 bits per heavy atom. The molecule has 47 heavy (non-hydrogen) atoms. The Morgan fingerprint density at radius 1 is 0.723 bits per heavy atom. The summed E-state index contributed by atoms with van der Waals surface area (Å²) in [5, 5.41) is 4.43. The van der Waals surface area contributed by atoms with Crippen LogP contribution in [0.5, 0.6) is 11.5 Å². The molecule has 5 heterocycles. The predicted molar refractivity (Wildman–Crippen MR) is 191 cm³/mol. The van der Waals surface area contributed by atoms with Gasteiger partial charge in [0.05, 0.1) is 39.8 Å². The molecule has 0 saturated carbocycles. The van der Waals surface area contributed by atoms with E-state index in [1.807, 2.05) is 24.4 Å². The number of ether oxygens (including phenoxy) is 1. The molecular weight excluding hydrogens is 582 g/mol. The number of fused-ring (bicyclic) bond motifs is 8. The van der Waals surface area contributed by atoms with E-state index in [1.165, 1.54) is 10.9 Å². The van der Waals surface area contributed by atoms with E-state index in [4.69, 9.17) is 14.1 Å². The topological polar surface area (TPSA) is 59.6 Å². The van der Waals surface area contributed by atoms with Crippen molar-refractivity contribution < 1.29 is 9.15 Å². The number of hydrogen-bond acceptors (Lipinski definition) is 6. The Labute approximate surface area is 272 Å². The van der Waals surface area contributed by atoms with Gasteiger partial charge in [0.1, 0.15) is 22.9 Å². The molecule has 0 saturated heterocycles. The van der Waals surface area contributed by atoms with Crippen LogP contribution in [0.3, 0.4) is 0 Å². The molecule has 0 spiro atoms. The van der Waals surface area contributed by atoms with Crippen LogP contribution in [0.4, 0.5) is 17.1 Å². The molecule has 0 amide bonds. The average Bonchev–Trinajstić information content (AvgIpc) is 3.73. The van der Waals surface area contributed by atoms with Crippen molar-refractivity contribution in [1.82, 2.24) is 14.5 Å². The van der Waals surface area contributed by atoms with E-state index in [1.54, 1.807) is 6.20 Å². The van der Waals surface area contributed by atoms with Crippen LogP contribution in [0.1, 0.15) is 26.3 Å². The Morgan fingerprint density at radius 2 is 1.55 bits per heavy atom. The molecule has 0 N–H and O–H groups in total. The number of furan rings is 1. The molecule has 9 rings (SSSR count). The minimum Gasteiger partial charge on any atom is -0.457 e. The van der Waals surface area contributed by atoms with Crippen molar-refractivity contribution in [2.75, 3.05) is 23.5 Å². The van der Waals surface area contributed by atoms with Crippen molar-refractivity contribution >= 4 is 60.9 Å². The first kappa shape index (κ1) is 27.5. The van der Waals surface area contributed by atoms with E-state index in [2.05, 4.69) is 132 Å². The number of aromatic nitrogens is 3. The third-order valence-corrected chi connectivity index (χ3v) is 9.25. The van der Waals surface area contributed by atoms with Gasteiger partial charge in [0, 0.05) is 48.0 Å². The summed E-state index contributed by atoms with van der Waals surface area (Å²) in [6.07, 6.45) is 3.68. The second-order valence-corrected chi connectivity index (χ2v) is 13.3. The largest absolute Gasteiger partial charge is 0.457 e. The van der Waals surface area contributed by atoms with Gasteiger partial charge in [-0.05, 0) is 77.7 Å². The van der Waals surface area contributed by atoms with E-state index < -0.39 is 0 Å². The summed E-state index contributed by atoms with van der Waals surface area (Å²) in [7, 11) is 2.12. The van der Waals surface area contributed by atoms with Crippen LogP contribution in [0.25, 0.3) is 49.7 Å². The van der Waals surface area contributed by atoms with Gasteiger partial charge in [-0.15, -0.1) is 0 Å². The number of nitrogens with zero attached hydrogens (tertiary/aromatic N) is 5. The summed E-state index contributed by atoms with van der Waals surface area (Å²) in [4.78, 5) is 13.9. The third kappa shape index (κ3) is 4.34. The molecule has 0 atom stereocenters. The van der Waals surface area contributed by atoms with Crippen LogP contribution >= 0.6 is 0 Å². The van der Waals surface area contributed by atoms with E-state index in [0.717, 1.165) is 67.2 Å². The molecular formula is C40H33N5O2. The average molecular weight is 616 g/mol. The summed E-state index contributed by atoms with van der Waals surface area (Å²) >= 11 is 0. The van der Waals surface area contributed by atoms with Gasteiger partial charge in [-0.25, -0.2) is 9.97 Å². The van der Waals surface area contributed by atoms with Gasteiger partial charge in [-0.2, -0.15) is 0 Å². The van der Waals surface area contributed by atoms with Gasteiger partial charge >= 0.3 is 0 Å². The highest BCUT2D eigenvalue weighted by molar-refractivity contribution is 6.15. The van der Waals surface area contributed by atoms with Crippen molar-refractivity contribution in [2.45, 2.75) is 26.2 Å². The van der Waals surface area contributed by atoms with Crippen molar-refractivity contribution in [3.05, 3.63) is 121 Å². The Bertz CT molecular complexity index is 2500. The summed E-state index contributed by atoms with van der Waals surface area (Å²) < 4.78 is 15.0. The molecule has 0 radical (unpaired) electrons. The number of para-hydroxylation sites is 1. The van der Waals surface area contributed by atoms with Gasteiger partial charge in [-0.1, -0.05) is 45.0 Å². The molecule has 1 aliphatic heterocycles. The fourth-order valence-corrected chi connectivity index (χ4v) is 6.94. The van der Waals surface area contributed by atoms with Crippen LogP contribution in [-0.4, -0.2) is 28.3 Å². The number of pyridine rings is 2. The van der Waals surface area contributed by atoms with Crippen molar-refractivity contribution in [3.63, 3.8) is 0 Å². The number of rotatable bonds is 4. The Balaban J connectivity index is 1.13. The molecule has 7 heteroatoms. The summed E-state index contributed by atoms with van der Waals surface area (Å²) in [6, 6.07) is 35.6. The number of benzene rings is 4. The fraction of sp³-hybridized carbons (Fsp3) is 0.150. The SMILES string of the molecule is CN1CN(c2cccc(Oc3ccc4c5ccccc5n(-c5cc(C(C)(C)C)ccn5)c4c3)c2)c2c1ccc1oc3ncccc3c21. The maximum atomic E-state index is 6.61. The summed E-state index contributed by atoms with van der Waals surface area (Å²) in [5.41, 5.74) is 8.20. The van der Waals surface area contributed by atoms with Gasteiger partial charge in [0.25, 0.3) is 0 Å². The summed E-state index contributed by atoms with van der Waals surface area (Å²) in [6.45, 7) is 7.40. The van der Waals surface area contributed by atoms with Gasteiger partial charge in [0.15, 0.2) is 0 Å². The minimum absolute atomic E-state index is 0.00771. The van der Waals surface area contributed by atoms with Crippen LogP contribution in [0.15, 0.2) is 120 Å². The summed E-state index contributed by atoms with van der Waals surface area (Å²) in [5.74, 6) is 2.42. The van der Waals surface area contributed by atoms with Gasteiger partial charge in [-0.3, -0.25) is 4.57 Å². The van der Waals surface area contributed by atoms with Crippen molar-refractivity contribution in [1.29, 1.82) is 0 Å². The zero-order valence-corrected chi connectivity index (χ0v) is 26.7. The third-order valence-electron chi connectivity index (χ3n) is 9.25. The lowest BCUT2D eigenvalue weighted by Gasteiger charge is -2.21. The lowest BCUT2D eigenvalue weighted by Crippen LogP contribution is -2.23. The highest BCUT2D eigenvalue weighted by Gasteiger charge is 2.29. The molecule has 0 bridgehead atoms. The van der Waals surface area contributed by atoms with E-state index >= 15 is 0 Å². The second-order valence-electron chi connectivity index (χ2n) is 13.3. The van der Waals surface area contributed by atoms with Gasteiger partial charge < -0.3 is 19.0 Å². The zero-order chi connectivity index (χ0) is 31.9. The lowest BCUT2D eigenvalue weighted by molar-refractivity contribution is 0.483. The molecule has 4 aromatic heterocycles. The molecule has 4 aromatic carbocycles. The highest BCUT2D eigenvalue weighted by Crippen LogP contribution is 2.48. The molecule has 1 aliphatic rings. The van der Waals surface area contributed by atoms with E-state index in [0.29, 0.717) is 12.4 Å². The van der Waals surface area contributed by atoms with Crippen LogP contribution in [-0.2, 0) is 5.41 Å². The quantitative estimate of drug-likeness (QED) is 0.196. The first-order valence-corrected chi connectivity index (χ1v) is 15.9. The standard InChI is InChI=1S/C40H33N5O2/c1-40(2,3)25-18-20-41-36(21-25)45-32-13-6-5-11-29(32)30-15-14-28(23-34(30)45)46-27-10-7-9-26(22-27)44-24-43(4)33-16-17-35-37(38(33)44)31-12-8-19-42-39(31)47-35/h5-23H,24H2,1-4H3. The predicted octanol–water partition coefficient (Wildman–Crippen LogP) is 10.1. The number of hydrogen-bond donors (Lipinski definition) is 0. The molecule has 7 nitrogen and oxygen atoms in total. The highest BCUT2D eigenvalue weighted by atomic mass is 16.5. The van der Waals surface area contributed by atoms with E-state index in [-0.39, 0.29) is 5.41 Å².